The van der Waals surface area contributed by atoms with Crippen LogP contribution in [0.5, 0.6) is 0 Å². The molecule has 0 aromatic heterocycles. The summed E-state index contributed by atoms with van der Waals surface area (Å²) in [6.07, 6.45) is 0.572. The number of hydrogen-bond acceptors (Lipinski definition) is 3. The predicted molar refractivity (Wildman–Crippen MR) is 78.1 cm³/mol. The Kier molecular flexibility index (Phi) is 4.88. The summed E-state index contributed by atoms with van der Waals surface area (Å²) in [4.78, 5) is 13.2. The fourth-order valence-electron chi connectivity index (χ4n) is 2.17. The lowest BCUT2D eigenvalue weighted by Gasteiger charge is -2.26. The number of hydrogen-bond donors (Lipinski definition) is 2. The molecule has 0 spiro atoms. The molecule has 1 aliphatic heterocycles. The van der Waals surface area contributed by atoms with Gasteiger partial charge in [-0.25, -0.2) is 0 Å². The minimum absolute atomic E-state index is 0.0621. The minimum atomic E-state index is -0.562. The number of aliphatic hydroxyl groups excluding tert-OH is 1. The Labute approximate surface area is 118 Å². The molecule has 2 rings (SSSR count). The van der Waals surface area contributed by atoms with Gasteiger partial charge in [0, 0.05) is 10.6 Å². The first-order valence-electron chi connectivity index (χ1n) is 6.77. The molecule has 4 heteroatoms. The smallest absolute Gasteiger partial charge is 0.223 e. The SMILES string of the molecule is CC(C)C(O)CC(=O)NC1CCSc2ccccc21. The highest BCUT2D eigenvalue weighted by Crippen LogP contribution is 2.35. The lowest BCUT2D eigenvalue weighted by molar-refractivity contribution is -0.124. The molecule has 0 saturated heterocycles. The van der Waals surface area contributed by atoms with Gasteiger partial charge in [0.05, 0.1) is 18.6 Å². The maximum atomic E-state index is 12.0. The number of carbonyl (C=O) groups excluding carboxylic acids is 1. The molecule has 19 heavy (non-hydrogen) atoms. The monoisotopic (exact) mass is 279 g/mol. The van der Waals surface area contributed by atoms with Crippen LogP contribution in [0.15, 0.2) is 29.2 Å². The van der Waals surface area contributed by atoms with Crippen molar-refractivity contribution in [1.29, 1.82) is 0 Å². The third-order valence-corrected chi connectivity index (χ3v) is 4.58. The van der Waals surface area contributed by atoms with Gasteiger partial charge in [-0.1, -0.05) is 32.0 Å². The maximum Gasteiger partial charge on any atom is 0.223 e. The molecule has 0 bridgehead atoms. The summed E-state index contributed by atoms with van der Waals surface area (Å²) in [7, 11) is 0. The van der Waals surface area contributed by atoms with Gasteiger partial charge < -0.3 is 10.4 Å². The number of rotatable bonds is 4. The van der Waals surface area contributed by atoms with Crippen LogP contribution < -0.4 is 5.32 Å². The van der Waals surface area contributed by atoms with Crippen LogP contribution in [-0.4, -0.2) is 22.9 Å². The van der Waals surface area contributed by atoms with Crippen LogP contribution in [0.25, 0.3) is 0 Å². The van der Waals surface area contributed by atoms with Crippen molar-refractivity contribution in [2.75, 3.05) is 5.75 Å². The molecule has 0 aliphatic carbocycles. The van der Waals surface area contributed by atoms with E-state index in [2.05, 4.69) is 17.4 Å². The van der Waals surface area contributed by atoms with Crippen molar-refractivity contribution in [2.45, 2.75) is 43.7 Å². The molecule has 0 radical (unpaired) electrons. The first kappa shape index (κ1) is 14.4. The molecule has 2 unspecified atom stereocenters. The zero-order chi connectivity index (χ0) is 13.8. The predicted octanol–water partition coefficient (Wildman–Crippen LogP) is 2.75. The summed E-state index contributed by atoms with van der Waals surface area (Å²) in [5.41, 5.74) is 1.20. The second kappa shape index (κ2) is 6.44. The van der Waals surface area contributed by atoms with E-state index in [9.17, 15) is 9.90 Å². The van der Waals surface area contributed by atoms with Crippen LogP contribution in [-0.2, 0) is 4.79 Å². The van der Waals surface area contributed by atoms with E-state index in [0.717, 1.165) is 12.2 Å². The normalized spacial score (nSPS) is 19.9. The summed E-state index contributed by atoms with van der Waals surface area (Å²) < 4.78 is 0. The van der Waals surface area contributed by atoms with Crippen LogP contribution in [0.4, 0.5) is 0 Å². The van der Waals surface area contributed by atoms with E-state index in [-0.39, 0.29) is 24.3 Å². The molecule has 2 N–H and O–H groups in total. The highest BCUT2D eigenvalue weighted by Gasteiger charge is 2.23. The Hall–Kier alpha value is -1.00. The van der Waals surface area contributed by atoms with Crippen LogP contribution in [0.1, 0.15) is 38.3 Å². The molecule has 1 heterocycles. The summed E-state index contributed by atoms with van der Waals surface area (Å²) in [6.45, 7) is 3.84. The summed E-state index contributed by atoms with van der Waals surface area (Å²) in [5.74, 6) is 1.07. The van der Waals surface area contributed by atoms with E-state index in [1.807, 2.05) is 37.7 Å². The highest BCUT2D eigenvalue weighted by atomic mass is 32.2. The van der Waals surface area contributed by atoms with Crippen LogP contribution in [0, 0.1) is 5.92 Å². The molecule has 1 amide bonds. The van der Waals surface area contributed by atoms with Crippen molar-refractivity contribution in [1.82, 2.24) is 5.32 Å². The molecular weight excluding hydrogens is 258 g/mol. The van der Waals surface area contributed by atoms with E-state index in [1.165, 1.54) is 10.5 Å². The number of aliphatic hydroxyl groups is 1. The van der Waals surface area contributed by atoms with Crippen molar-refractivity contribution in [2.24, 2.45) is 5.92 Å². The Balaban J connectivity index is 1.99. The summed E-state index contributed by atoms with van der Waals surface area (Å²) in [6, 6.07) is 8.29. The highest BCUT2D eigenvalue weighted by molar-refractivity contribution is 7.99. The van der Waals surface area contributed by atoms with Gasteiger partial charge in [-0.05, 0) is 24.0 Å². The van der Waals surface area contributed by atoms with E-state index in [1.54, 1.807) is 0 Å². The average Bonchev–Trinajstić information content (AvgIpc) is 2.39. The van der Waals surface area contributed by atoms with Gasteiger partial charge in [0.1, 0.15) is 0 Å². The lowest BCUT2D eigenvalue weighted by Crippen LogP contribution is -2.34. The number of carbonyl (C=O) groups is 1. The Morgan fingerprint density at radius 2 is 2.21 bits per heavy atom. The molecule has 1 aromatic rings. The number of thioether (sulfide) groups is 1. The zero-order valence-corrected chi connectivity index (χ0v) is 12.2. The first-order chi connectivity index (χ1) is 9.08. The molecule has 2 atom stereocenters. The second-order valence-electron chi connectivity index (χ2n) is 5.31. The van der Waals surface area contributed by atoms with Crippen LogP contribution >= 0.6 is 11.8 Å². The standard InChI is InChI=1S/C15H21NO2S/c1-10(2)13(17)9-15(18)16-12-7-8-19-14-6-4-3-5-11(12)14/h3-6,10,12-13,17H,7-9H2,1-2H3,(H,16,18). The van der Waals surface area contributed by atoms with Gasteiger partial charge >= 0.3 is 0 Å². The molecule has 0 fully saturated rings. The Morgan fingerprint density at radius 1 is 1.47 bits per heavy atom. The largest absolute Gasteiger partial charge is 0.392 e. The van der Waals surface area contributed by atoms with E-state index in [4.69, 9.17) is 0 Å². The third-order valence-electron chi connectivity index (χ3n) is 3.46. The molecule has 1 aromatic carbocycles. The third kappa shape index (κ3) is 3.74. The van der Waals surface area contributed by atoms with E-state index < -0.39 is 6.10 Å². The van der Waals surface area contributed by atoms with Crippen molar-refractivity contribution < 1.29 is 9.90 Å². The van der Waals surface area contributed by atoms with Gasteiger partial charge in [-0.3, -0.25) is 4.79 Å². The second-order valence-corrected chi connectivity index (χ2v) is 6.45. The van der Waals surface area contributed by atoms with E-state index in [0.29, 0.717) is 0 Å². The average molecular weight is 279 g/mol. The Bertz CT molecular complexity index is 448. The van der Waals surface area contributed by atoms with Crippen LogP contribution in [0.2, 0.25) is 0 Å². The Morgan fingerprint density at radius 3 is 2.95 bits per heavy atom. The molecule has 0 saturated carbocycles. The van der Waals surface area contributed by atoms with Gasteiger partial charge in [0.2, 0.25) is 5.91 Å². The minimum Gasteiger partial charge on any atom is -0.392 e. The van der Waals surface area contributed by atoms with Crippen molar-refractivity contribution in [3.8, 4) is 0 Å². The van der Waals surface area contributed by atoms with Crippen molar-refractivity contribution >= 4 is 17.7 Å². The molecule has 104 valence electrons. The van der Waals surface area contributed by atoms with Crippen LogP contribution in [0.3, 0.4) is 0 Å². The number of fused-ring (bicyclic) bond motifs is 1. The summed E-state index contributed by atoms with van der Waals surface area (Å²) in [5, 5.41) is 12.8. The fraction of sp³-hybridized carbons (Fsp3) is 0.533. The van der Waals surface area contributed by atoms with Gasteiger partial charge in [0.25, 0.3) is 0 Å². The fourth-order valence-corrected chi connectivity index (χ4v) is 3.30. The van der Waals surface area contributed by atoms with E-state index >= 15 is 0 Å². The van der Waals surface area contributed by atoms with Crippen molar-refractivity contribution in [3.05, 3.63) is 29.8 Å². The maximum absolute atomic E-state index is 12.0. The lowest BCUT2D eigenvalue weighted by atomic mass is 10.0. The zero-order valence-electron chi connectivity index (χ0n) is 11.4. The molecule has 3 nitrogen and oxygen atoms in total. The summed E-state index contributed by atoms with van der Waals surface area (Å²) >= 11 is 1.84. The number of benzene rings is 1. The van der Waals surface area contributed by atoms with Gasteiger partial charge in [-0.15, -0.1) is 11.8 Å². The van der Waals surface area contributed by atoms with Gasteiger partial charge in [0.15, 0.2) is 0 Å². The number of amides is 1. The van der Waals surface area contributed by atoms with Crippen molar-refractivity contribution in [3.63, 3.8) is 0 Å². The molecule has 1 aliphatic rings. The number of nitrogens with one attached hydrogen (secondary N) is 1. The quantitative estimate of drug-likeness (QED) is 0.891. The van der Waals surface area contributed by atoms with Gasteiger partial charge in [-0.2, -0.15) is 0 Å². The topological polar surface area (TPSA) is 49.3 Å². The molecular formula is C15H21NO2S. The first-order valence-corrected chi connectivity index (χ1v) is 7.75.